The summed E-state index contributed by atoms with van der Waals surface area (Å²) in [6.07, 6.45) is 1.38. The number of carboxylic acid groups (broad SMARTS) is 1. The number of amides is 2. The van der Waals surface area contributed by atoms with Crippen LogP contribution in [0.1, 0.15) is 12.8 Å². The molecule has 0 bridgehead atoms. The van der Waals surface area contributed by atoms with E-state index in [-0.39, 0.29) is 12.6 Å². The minimum absolute atomic E-state index is 0.0358. The van der Waals surface area contributed by atoms with Crippen LogP contribution in [0.4, 0.5) is 4.79 Å². The number of ether oxygens (including phenoxy) is 1. The lowest BCUT2D eigenvalue weighted by atomic mass is 9.99. The van der Waals surface area contributed by atoms with Gasteiger partial charge in [0.1, 0.15) is 0 Å². The van der Waals surface area contributed by atoms with Crippen LogP contribution in [-0.2, 0) is 9.53 Å². The molecule has 2 rings (SSSR count). The van der Waals surface area contributed by atoms with Gasteiger partial charge in [-0.2, -0.15) is 0 Å². The van der Waals surface area contributed by atoms with Gasteiger partial charge in [0.05, 0.1) is 6.61 Å². The lowest BCUT2D eigenvalue weighted by Gasteiger charge is -2.28. The molecule has 0 aromatic heterocycles. The predicted molar refractivity (Wildman–Crippen MR) is 72.6 cm³/mol. The van der Waals surface area contributed by atoms with Crippen LogP contribution >= 0.6 is 0 Å². The molecule has 0 aromatic carbocycles. The first-order chi connectivity index (χ1) is 9.43. The van der Waals surface area contributed by atoms with Crippen LogP contribution in [0, 0.1) is 5.92 Å². The molecule has 2 aliphatic rings. The van der Waals surface area contributed by atoms with E-state index in [1.54, 1.807) is 11.9 Å². The van der Waals surface area contributed by atoms with Gasteiger partial charge in [0.2, 0.25) is 0 Å². The molecule has 0 spiro atoms. The van der Waals surface area contributed by atoms with Gasteiger partial charge in [-0.25, -0.2) is 9.59 Å². The van der Waals surface area contributed by atoms with E-state index in [0.717, 1.165) is 19.5 Å². The number of carbonyl (C=O) groups excluding carboxylic acids is 1. The van der Waals surface area contributed by atoms with Crippen molar-refractivity contribution in [3.05, 3.63) is 0 Å². The fraction of sp³-hybridized carbons (Fsp3) is 0.846. The summed E-state index contributed by atoms with van der Waals surface area (Å²) < 4.78 is 5.13. The fourth-order valence-corrected chi connectivity index (χ4v) is 2.83. The smallest absolute Gasteiger partial charge is 0.332 e. The van der Waals surface area contributed by atoms with Crippen molar-refractivity contribution < 1.29 is 19.4 Å². The summed E-state index contributed by atoms with van der Waals surface area (Å²) in [5.41, 5.74) is -1.27. The van der Waals surface area contributed by atoms with E-state index >= 15 is 0 Å². The number of nitrogens with one attached hydrogen (secondary N) is 1. The second kappa shape index (κ2) is 5.97. The third-order valence-corrected chi connectivity index (χ3v) is 4.14. The number of nitrogens with zero attached hydrogens (tertiary/aromatic N) is 2. The van der Waals surface area contributed by atoms with Crippen molar-refractivity contribution in [2.45, 2.75) is 18.4 Å². The molecule has 20 heavy (non-hydrogen) atoms. The Labute approximate surface area is 118 Å². The zero-order valence-corrected chi connectivity index (χ0v) is 12.1. The normalized spacial score (nSPS) is 30.4. The molecule has 2 heterocycles. The molecule has 114 valence electrons. The van der Waals surface area contributed by atoms with Crippen molar-refractivity contribution in [2.24, 2.45) is 5.92 Å². The highest BCUT2D eigenvalue weighted by Crippen LogP contribution is 2.20. The van der Waals surface area contributed by atoms with E-state index < -0.39 is 11.5 Å². The number of carbonyl (C=O) groups is 2. The van der Waals surface area contributed by atoms with E-state index in [1.165, 1.54) is 0 Å². The summed E-state index contributed by atoms with van der Waals surface area (Å²) in [5, 5.41) is 11.9. The van der Waals surface area contributed by atoms with Crippen LogP contribution < -0.4 is 5.32 Å². The number of hydrogen-bond donors (Lipinski definition) is 2. The molecule has 2 amide bonds. The van der Waals surface area contributed by atoms with Crippen molar-refractivity contribution in [1.82, 2.24) is 15.1 Å². The van der Waals surface area contributed by atoms with Gasteiger partial charge in [-0.3, -0.25) is 0 Å². The van der Waals surface area contributed by atoms with Gasteiger partial charge in [0.15, 0.2) is 5.54 Å². The third kappa shape index (κ3) is 3.21. The molecule has 0 saturated carbocycles. The van der Waals surface area contributed by atoms with Crippen LogP contribution in [0.3, 0.4) is 0 Å². The summed E-state index contributed by atoms with van der Waals surface area (Å²) in [5.74, 6) is -0.575. The molecule has 2 fully saturated rings. The summed E-state index contributed by atoms with van der Waals surface area (Å²) in [7, 11) is 3.77. The van der Waals surface area contributed by atoms with Gasteiger partial charge in [0, 0.05) is 33.2 Å². The van der Waals surface area contributed by atoms with Crippen molar-refractivity contribution >= 4 is 12.0 Å². The van der Waals surface area contributed by atoms with Gasteiger partial charge >= 0.3 is 12.0 Å². The van der Waals surface area contributed by atoms with Crippen LogP contribution in [0.5, 0.6) is 0 Å². The van der Waals surface area contributed by atoms with E-state index in [2.05, 4.69) is 17.3 Å². The molecule has 0 aliphatic carbocycles. The molecule has 0 radical (unpaired) electrons. The van der Waals surface area contributed by atoms with Gasteiger partial charge in [-0.1, -0.05) is 0 Å². The number of likely N-dealkylation sites (tertiary alicyclic amines) is 1. The summed E-state index contributed by atoms with van der Waals surface area (Å²) in [4.78, 5) is 27.3. The number of rotatable bonds is 4. The average molecular weight is 285 g/mol. The Hall–Kier alpha value is -1.34. The Morgan fingerprint density at radius 1 is 1.55 bits per heavy atom. The van der Waals surface area contributed by atoms with Gasteiger partial charge in [-0.05, 0) is 25.9 Å². The van der Waals surface area contributed by atoms with Crippen molar-refractivity contribution in [3.63, 3.8) is 0 Å². The predicted octanol–water partition coefficient (Wildman–Crippen LogP) is -0.177. The molecule has 2 unspecified atom stereocenters. The molecule has 0 aromatic rings. The van der Waals surface area contributed by atoms with E-state index in [0.29, 0.717) is 25.5 Å². The van der Waals surface area contributed by atoms with Gasteiger partial charge in [0.25, 0.3) is 0 Å². The van der Waals surface area contributed by atoms with Crippen molar-refractivity contribution in [3.8, 4) is 0 Å². The maximum atomic E-state index is 12.2. The average Bonchev–Trinajstić information content (AvgIpc) is 2.99. The molecule has 7 heteroatoms. The van der Waals surface area contributed by atoms with Crippen LogP contribution in [0.25, 0.3) is 0 Å². The van der Waals surface area contributed by atoms with Crippen LogP contribution in [-0.4, -0.2) is 79.4 Å². The molecular formula is C13H23N3O4. The first-order valence-corrected chi connectivity index (χ1v) is 6.96. The summed E-state index contributed by atoms with van der Waals surface area (Å²) >= 11 is 0. The maximum Gasteiger partial charge on any atom is 0.332 e. The Bertz CT molecular complexity index is 382. The largest absolute Gasteiger partial charge is 0.479 e. The second-order valence-electron chi connectivity index (χ2n) is 5.92. The maximum absolute atomic E-state index is 12.2. The monoisotopic (exact) mass is 285 g/mol. The van der Waals surface area contributed by atoms with Crippen LogP contribution in [0.15, 0.2) is 0 Å². The highest BCUT2D eigenvalue weighted by Gasteiger charge is 2.44. The van der Waals surface area contributed by atoms with Crippen molar-refractivity contribution in [2.75, 3.05) is 46.9 Å². The standard InChI is InChI=1S/C13H23N3O4/c1-15-5-3-10(7-15)8-16(2)12(19)14-13(11(17)18)4-6-20-9-13/h10H,3-9H2,1-2H3,(H,14,19)(H,17,18). The van der Waals surface area contributed by atoms with E-state index in [9.17, 15) is 14.7 Å². The third-order valence-electron chi connectivity index (χ3n) is 4.14. The first-order valence-electron chi connectivity index (χ1n) is 6.96. The highest BCUT2D eigenvalue weighted by atomic mass is 16.5. The lowest BCUT2D eigenvalue weighted by molar-refractivity contribution is -0.144. The Kier molecular flexibility index (Phi) is 4.49. The highest BCUT2D eigenvalue weighted by molar-refractivity contribution is 5.86. The number of urea groups is 1. The Morgan fingerprint density at radius 2 is 2.30 bits per heavy atom. The number of hydrogen-bond acceptors (Lipinski definition) is 4. The molecular weight excluding hydrogens is 262 g/mol. The minimum atomic E-state index is -1.27. The molecule has 2 aliphatic heterocycles. The molecule has 7 nitrogen and oxygen atoms in total. The number of carboxylic acids is 1. The van der Waals surface area contributed by atoms with Crippen LogP contribution in [0.2, 0.25) is 0 Å². The quantitative estimate of drug-likeness (QED) is 0.749. The second-order valence-corrected chi connectivity index (χ2v) is 5.92. The topological polar surface area (TPSA) is 82.1 Å². The lowest BCUT2D eigenvalue weighted by Crippen LogP contribution is -2.58. The SMILES string of the molecule is CN1CCC(CN(C)C(=O)NC2(C(=O)O)CCOC2)C1. The molecule has 2 N–H and O–H groups in total. The van der Waals surface area contributed by atoms with Gasteiger partial charge in [-0.15, -0.1) is 0 Å². The summed E-state index contributed by atoms with van der Waals surface area (Å²) in [6.45, 7) is 3.07. The zero-order valence-electron chi connectivity index (χ0n) is 12.1. The zero-order chi connectivity index (χ0) is 14.8. The molecule has 2 saturated heterocycles. The fourth-order valence-electron chi connectivity index (χ4n) is 2.83. The Morgan fingerprint density at radius 3 is 2.80 bits per heavy atom. The van der Waals surface area contributed by atoms with Crippen molar-refractivity contribution in [1.29, 1.82) is 0 Å². The minimum Gasteiger partial charge on any atom is -0.479 e. The number of aliphatic carboxylic acids is 1. The first kappa shape index (κ1) is 15.1. The Balaban J connectivity index is 1.88. The summed E-state index contributed by atoms with van der Waals surface area (Å²) in [6, 6.07) is -0.340. The molecule has 2 atom stereocenters. The van der Waals surface area contributed by atoms with Gasteiger partial charge < -0.3 is 25.0 Å². The van der Waals surface area contributed by atoms with E-state index in [4.69, 9.17) is 4.74 Å². The van der Waals surface area contributed by atoms with E-state index in [1.807, 2.05) is 0 Å².